The Morgan fingerprint density at radius 2 is 2.10 bits per heavy atom. The minimum atomic E-state index is -0.784. The standard InChI is InChI=1S/C15H22INO4/c1-3-4-9-13(21-15(17)18)14(20-10-19-2)11-7-5-6-8-12(11)16/h5-8,13-14H,3-4,9-10H2,1-2H3,(H2,17,18)/t13-,14-/m1/s1. The van der Waals surface area contributed by atoms with E-state index in [1.807, 2.05) is 24.3 Å². The molecule has 1 aromatic rings. The van der Waals surface area contributed by atoms with Gasteiger partial charge in [-0.3, -0.25) is 0 Å². The maximum Gasteiger partial charge on any atom is 0.404 e. The van der Waals surface area contributed by atoms with Gasteiger partial charge in [0, 0.05) is 10.7 Å². The summed E-state index contributed by atoms with van der Waals surface area (Å²) >= 11 is 2.24. The number of primary amides is 1. The summed E-state index contributed by atoms with van der Waals surface area (Å²) in [7, 11) is 1.56. The molecule has 0 aliphatic heterocycles. The van der Waals surface area contributed by atoms with E-state index in [1.165, 1.54) is 0 Å². The van der Waals surface area contributed by atoms with E-state index in [0.717, 1.165) is 22.0 Å². The highest BCUT2D eigenvalue weighted by atomic mass is 127. The van der Waals surface area contributed by atoms with Crippen molar-refractivity contribution in [3.63, 3.8) is 0 Å². The number of halogens is 1. The number of unbranched alkanes of at least 4 members (excludes halogenated alkanes) is 1. The zero-order chi connectivity index (χ0) is 15.7. The molecule has 0 aliphatic carbocycles. The van der Waals surface area contributed by atoms with E-state index in [9.17, 15) is 4.79 Å². The topological polar surface area (TPSA) is 70.8 Å². The second kappa shape index (κ2) is 9.97. The van der Waals surface area contributed by atoms with Gasteiger partial charge in [0.15, 0.2) is 0 Å². The normalized spacial score (nSPS) is 13.7. The molecule has 0 spiro atoms. The lowest BCUT2D eigenvalue weighted by atomic mass is 10.00. The summed E-state index contributed by atoms with van der Waals surface area (Å²) in [6.07, 6.45) is 1.02. The van der Waals surface area contributed by atoms with Crippen molar-refractivity contribution in [2.75, 3.05) is 13.9 Å². The fraction of sp³-hybridized carbons (Fsp3) is 0.533. The van der Waals surface area contributed by atoms with E-state index in [0.29, 0.717) is 6.42 Å². The molecular weight excluding hydrogens is 385 g/mol. The van der Waals surface area contributed by atoms with Crippen LogP contribution < -0.4 is 5.73 Å². The first kappa shape index (κ1) is 18.2. The van der Waals surface area contributed by atoms with Gasteiger partial charge >= 0.3 is 6.09 Å². The molecule has 1 aromatic carbocycles. The van der Waals surface area contributed by atoms with Crippen molar-refractivity contribution >= 4 is 28.7 Å². The molecule has 0 fully saturated rings. The Balaban J connectivity index is 3.00. The fourth-order valence-corrected chi connectivity index (χ4v) is 2.77. The molecule has 1 rings (SSSR count). The average molecular weight is 407 g/mol. The van der Waals surface area contributed by atoms with Crippen LogP contribution in [-0.2, 0) is 14.2 Å². The minimum absolute atomic E-state index is 0.125. The molecule has 0 saturated carbocycles. The van der Waals surface area contributed by atoms with Crippen LogP contribution in [-0.4, -0.2) is 26.1 Å². The Labute approximate surface area is 139 Å². The van der Waals surface area contributed by atoms with E-state index < -0.39 is 18.3 Å². The molecule has 0 aromatic heterocycles. The quantitative estimate of drug-likeness (QED) is 0.502. The number of amides is 1. The van der Waals surface area contributed by atoms with Crippen LogP contribution in [0.1, 0.15) is 37.9 Å². The lowest BCUT2D eigenvalue weighted by Gasteiger charge is -2.27. The van der Waals surface area contributed by atoms with Crippen molar-refractivity contribution in [3.05, 3.63) is 33.4 Å². The molecule has 0 unspecified atom stereocenters. The van der Waals surface area contributed by atoms with Gasteiger partial charge in [-0.05, 0) is 47.1 Å². The van der Waals surface area contributed by atoms with Gasteiger partial charge in [-0.15, -0.1) is 0 Å². The first-order chi connectivity index (χ1) is 10.1. The molecule has 2 N–H and O–H groups in total. The summed E-state index contributed by atoms with van der Waals surface area (Å²) in [5, 5.41) is 0. The molecular formula is C15H22INO4. The van der Waals surface area contributed by atoms with Crippen molar-refractivity contribution in [2.45, 2.75) is 38.4 Å². The number of ether oxygens (including phenoxy) is 3. The number of hydrogen-bond acceptors (Lipinski definition) is 4. The van der Waals surface area contributed by atoms with Gasteiger partial charge in [-0.1, -0.05) is 31.5 Å². The van der Waals surface area contributed by atoms with Crippen molar-refractivity contribution in [3.8, 4) is 0 Å². The van der Waals surface area contributed by atoms with Crippen LogP contribution in [0.15, 0.2) is 24.3 Å². The number of nitrogens with two attached hydrogens (primary N) is 1. The Bertz CT molecular complexity index is 441. The van der Waals surface area contributed by atoms with Gasteiger partial charge in [-0.2, -0.15) is 0 Å². The molecule has 0 saturated heterocycles. The molecule has 118 valence electrons. The van der Waals surface area contributed by atoms with Crippen molar-refractivity contribution in [1.82, 2.24) is 0 Å². The highest BCUT2D eigenvalue weighted by Crippen LogP contribution is 2.30. The Morgan fingerprint density at radius 3 is 2.67 bits per heavy atom. The summed E-state index contributed by atoms with van der Waals surface area (Å²) in [5.41, 5.74) is 6.17. The molecule has 0 bridgehead atoms. The summed E-state index contributed by atoms with van der Waals surface area (Å²) in [6, 6.07) is 7.84. The second-order valence-electron chi connectivity index (χ2n) is 4.63. The fourth-order valence-electron chi connectivity index (χ4n) is 2.07. The number of carbonyl (C=O) groups excluding carboxylic acids is 1. The van der Waals surface area contributed by atoms with Gasteiger partial charge in [0.25, 0.3) is 0 Å². The first-order valence-electron chi connectivity index (χ1n) is 6.91. The maximum atomic E-state index is 11.2. The second-order valence-corrected chi connectivity index (χ2v) is 5.80. The Hall–Kier alpha value is -0.860. The predicted octanol–water partition coefficient (Wildman–Crippen LogP) is 3.61. The van der Waals surface area contributed by atoms with Crippen molar-refractivity contribution in [2.24, 2.45) is 5.73 Å². The van der Waals surface area contributed by atoms with Gasteiger partial charge in [0.05, 0.1) is 0 Å². The zero-order valence-corrected chi connectivity index (χ0v) is 14.5. The van der Waals surface area contributed by atoms with Gasteiger partial charge in [0.1, 0.15) is 19.0 Å². The van der Waals surface area contributed by atoms with Gasteiger partial charge in [0.2, 0.25) is 0 Å². The van der Waals surface area contributed by atoms with E-state index in [4.69, 9.17) is 19.9 Å². The zero-order valence-electron chi connectivity index (χ0n) is 12.4. The van der Waals surface area contributed by atoms with Gasteiger partial charge < -0.3 is 19.9 Å². The third-order valence-corrected chi connectivity index (χ3v) is 4.01. The number of rotatable bonds is 9. The smallest absolute Gasteiger partial charge is 0.404 e. The van der Waals surface area contributed by atoms with Crippen molar-refractivity contribution in [1.29, 1.82) is 0 Å². The SMILES string of the molecule is CCCC[C@@H](OC(N)=O)[C@H](OCOC)c1ccccc1I. The summed E-state index contributed by atoms with van der Waals surface area (Å²) in [4.78, 5) is 11.2. The van der Waals surface area contributed by atoms with Gasteiger partial charge in [-0.25, -0.2) is 4.79 Å². The van der Waals surface area contributed by atoms with E-state index >= 15 is 0 Å². The molecule has 6 heteroatoms. The molecule has 0 heterocycles. The lowest BCUT2D eigenvalue weighted by Crippen LogP contribution is -2.31. The summed E-state index contributed by atoms with van der Waals surface area (Å²) in [6.45, 7) is 2.21. The molecule has 0 radical (unpaired) electrons. The van der Waals surface area contributed by atoms with Crippen LogP contribution in [0.5, 0.6) is 0 Å². The number of hydrogen-bond donors (Lipinski definition) is 1. The Morgan fingerprint density at radius 1 is 1.38 bits per heavy atom. The molecule has 0 aliphatic rings. The summed E-state index contributed by atoms with van der Waals surface area (Å²) < 4.78 is 17.1. The third kappa shape index (κ3) is 6.19. The number of benzene rings is 1. The van der Waals surface area contributed by atoms with E-state index in [2.05, 4.69) is 29.5 Å². The molecule has 5 nitrogen and oxygen atoms in total. The number of methoxy groups -OCH3 is 1. The maximum absolute atomic E-state index is 11.2. The van der Waals surface area contributed by atoms with Crippen LogP contribution in [0.3, 0.4) is 0 Å². The third-order valence-electron chi connectivity index (χ3n) is 3.02. The Kier molecular flexibility index (Phi) is 8.63. The van der Waals surface area contributed by atoms with E-state index in [-0.39, 0.29) is 6.79 Å². The number of carbonyl (C=O) groups is 1. The molecule has 2 atom stereocenters. The van der Waals surface area contributed by atoms with Crippen LogP contribution in [0.4, 0.5) is 4.79 Å². The molecule has 21 heavy (non-hydrogen) atoms. The van der Waals surface area contributed by atoms with Crippen LogP contribution in [0.25, 0.3) is 0 Å². The van der Waals surface area contributed by atoms with Crippen LogP contribution in [0.2, 0.25) is 0 Å². The lowest BCUT2D eigenvalue weighted by molar-refractivity contribution is -0.117. The first-order valence-corrected chi connectivity index (χ1v) is 7.99. The van der Waals surface area contributed by atoms with Crippen molar-refractivity contribution < 1.29 is 19.0 Å². The molecule has 1 amide bonds. The van der Waals surface area contributed by atoms with Crippen LogP contribution in [0, 0.1) is 3.57 Å². The summed E-state index contributed by atoms with van der Waals surface area (Å²) in [5.74, 6) is 0. The highest BCUT2D eigenvalue weighted by Gasteiger charge is 2.28. The minimum Gasteiger partial charge on any atom is -0.443 e. The average Bonchev–Trinajstić information content (AvgIpc) is 2.46. The van der Waals surface area contributed by atoms with Crippen LogP contribution >= 0.6 is 22.6 Å². The largest absolute Gasteiger partial charge is 0.443 e. The van der Waals surface area contributed by atoms with E-state index in [1.54, 1.807) is 7.11 Å². The predicted molar refractivity (Wildman–Crippen MR) is 88.8 cm³/mol. The monoisotopic (exact) mass is 407 g/mol. The highest BCUT2D eigenvalue weighted by molar-refractivity contribution is 14.1.